The van der Waals surface area contributed by atoms with Crippen molar-refractivity contribution < 1.29 is 8.42 Å². The zero-order chi connectivity index (χ0) is 23.9. The summed E-state index contributed by atoms with van der Waals surface area (Å²) in [6.07, 6.45) is 1.10. The van der Waals surface area contributed by atoms with Gasteiger partial charge in [0.25, 0.3) is 10.0 Å². The molecule has 0 aliphatic heterocycles. The summed E-state index contributed by atoms with van der Waals surface area (Å²) in [6, 6.07) is 24.0. The van der Waals surface area contributed by atoms with Gasteiger partial charge in [-0.25, -0.2) is 12.4 Å². The molecule has 0 spiro atoms. The number of rotatable bonds is 4. The molecular formula is C25H22BrN5O2S. The molecule has 5 rings (SSSR count). The Balaban J connectivity index is 1.84. The van der Waals surface area contributed by atoms with Crippen molar-refractivity contribution in [2.45, 2.75) is 23.7 Å². The number of nitrogens with zero attached hydrogens (tertiary/aromatic N) is 3. The van der Waals surface area contributed by atoms with E-state index < -0.39 is 10.0 Å². The van der Waals surface area contributed by atoms with Crippen LogP contribution in [0.4, 0.5) is 0 Å². The molecule has 0 radical (unpaired) electrons. The molecule has 4 N–H and O–H groups in total. The summed E-state index contributed by atoms with van der Waals surface area (Å²) in [5.41, 5.74) is 14.9. The van der Waals surface area contributed by atoms with Gasteiger partial charge >= 0.3 is 0 Å². The van der Waals surface area contributed by atoms with Crippen molar-refractivity contribution in [2.75, 3.05) is 0 Å². The quantitative estimate of drug-likeness (QED) is 0.229. The number of halogens is 1. The minimum Gasteiger partial charge on any atom is -0.369 e. The smallest absolute Gasteiger partial charge is 0.268 e. The monoisotopic (exact) mass is 535 g/mol. The molecule has 1 aliphatic carbocycles. The third-order valence-corrected chi connectivity index (χ3v) is 8.25. The highest BCUT2D eigenvalue weighted by atomic mass is 79.9. The summed E-state index contributed by atoms with van der Waals surface area (Å²) in [7, 11) is -3.88. The van der Waals surface area contributed by atoms with Gasteiger partial charge in [-0.3, -0.25) is 0 Å². The molecule has 0 saturated heterocycles. The summed E-state index contributed by atoms with van der Waals surface area (Å²) in [4.78, 5) is 0.224. The standard InChI is InChI=1S/C25H22BrN5O2S/c26-18-11-12-22-20(15-18)24-21(29-30-25(27)28)13-17(16-7-3-1-4-8-16)14-23(24)31(22)34(32,33)19-9-5-2-6-10-19/h1-12,15,17H,13-14H2,(H4,27,28,30)/b29-21+. The summed E-state index contributed by atoms with van der Waals surface area (Å²) in [6.45, 7) is 0. The molecular weight excluding hydrogens is 514 g/mol. The number of guanidine groups is 1. The van der Waals surface area contributed by atoms with Crippen molar-refractivity contribution in [1.29, 1.82) is 0 Å². The van der Waals surface area contributed by atoms with Crippen LogP contribution in [0, 0.1) is 0 Å². The first kappa shape index (κ1) is 22.4. The SMILES string of the molecule is NC(N)=N/N=C1\CC(c2ccccc2)Cc2c1c1cc(Br)ccc1n2S(=O)(=O)c1ccccc1. The van der Waals surface area contributed by atoms with Crippen LogP contribution >= 0.6 is 15.9 Å². The summed E-state index contributed by atoms with van der Waals surface area (Å²) < 4.78 is 30.1. The number of nitrogens with two attached hydrogens (primary N) is 2. The minimum atomic E-state index is -3.88. The van der Waals surface area contributed by atoms with E-state index in [0.717, 1.165) is 21.0 Å². The molecule has 0 saturated carbocycles. The molecule has 0 bridgehead atoms. The molecule has 4 aromatic rings. The first-order chi connectivity index (χ1) is 16.4. The lowest BCUT2D eigenvalue weighted by Gasteiger charge is -2.25. The zero-order valence-corrected chi connectivity index (χ0v) is 20.5. The lowest BCUT2D eigenvalue weighted by Crippen LogP contribution is -2.25. The van der Waals surface area contributed by atoms with Gasteiger partial charge in [0.05, 0.1) is 16.1 Å². The lowest BCUT2D eigenvalue weighted by atomic mass is 9.81. The predicted octanol–water partition coefficient (Wildman–Crippen LogP) is 4.35. The van der Waals surface area contributed by atoms with E-state index in [1.807, 2.05) is 48.5 Å². The van der Waals surface area contributed by atoms with Crippen molar-refractivity contribution in [3.8, 4) is 0 Å². The average Bonchev–Trinajstić information content (AvgIpc) is 3.17. The molecule has 1 aliphatic rings. The van der Waals surface area contributed by atoms with Crippen LogP contribution in [0.1, 0.15) is 29.2 Å². The third kappa shape index (κ3) is 3.91. The molecule has 9 heteroatoms. The van der Waals surface area contributed by atoms with E-state index in [0.29, 0.717) is 29.8 Å². The topological polar surface area (TPSA) is 116 Å². The Morgan fingerprint density at radius 1 is 0.941 bits per heavy atom. The molecule has 1 aromatic heterocycles. The van der Waals surface area contributed by atoms with Gasteiger partial charge in [0, 0.05) is 21.1 Å². The van der Waals surface area contributed by atoms with Gasteiger partial charge in [0.15, 0.2) is 0 Å². The summed E-state index contributed by atoms with van der Waals surface area (Å²) in [5.74, 6) is -0.142. The lowest BCUT2D eigenvalue weighted by molar-refractivity contribution is 0.583. The van der Waals surface area contributed by atoms with E-state index in [2.05, 4.69) is 26.1 Å². The van der Waals surface area contributed by atoms with E-state index in [1.165, 1.54) is 3.97 Å². The van der Waals surface area contributed by atoms with Crippen LogP contribution in [-0.2, 0) is 16.4 Å². The van der Waals surface area contributed by atoms with Crippen LogP contribution in [0.25, 0.3) is 10.9 Å². The van der Waals surface area contributed by atoms with E-state index in [-0.39, 0.29) is 16.8 Å². The maximum absolute atomic E-state index is 13.9. The van der Waals surface area contributed by atoms with Gasteiger partial charge in [-0.05, 0) is 54.7 Å². The molecule has 1 heterocycles. The highest BCUT2D eigenvalue weighted by molar-refractivity contribution is 9.10. The highest BCUT2D eigenvalue weighted by Crippen LogP contribution is 2.41. The first-order valence-electron chi connectivity index (χ1n) is 10.7. The second kappa shape index (κ2) is 8.73. The molecule has 3 aromatic carbocycles. The molecule has 34 heavy (non-hydrogen) atoms. The van der Waals surface area contributed by atoms with Crippen molar-refractivity contribution in [1.82, 2.24) is 3.97 Å². The average molecular weight is 536 g/mol. The number of benzene rings is 3. The van der Waals surface area contributed by atoms with E-state index in [4.69, 9.17) is 11.5 Å². The molecule has 7 nitrogen and oxygen atoms in total. The second-order valence-electron chi connectivity index (χ2n) is 8.15. The van der Waals surface area contributed by atoms with Crippen molar-refractivity contribution >= 4 is 48.5 Å². The molecule has 172 valence electrons. The molecule has 1 atom stereocenters. The number of hydrogen-bond donors (Lipinski definition) is 2. The Morgan fingerprint density at radius 2 is 1.62 bits per heavy atom. The Hall–Kier alpha value is -3.43. The number of fused-ring (bicyclic) bond motifs is 3. The fourth-order valence-electron chi connectivity index (χ4n) is 4.58. The van der Waals surface area contributed by atoms with Gasteiger partial charge < -0.3 is 11.5 Å². The van der Waals surface area contributed by atoms with Crippen LogP contribution in [0.15, 0.2) is 98.4 Å². The molecule has 0 fully saturated rings. The second-order valence-corrected chi connectivity index (χ2v) is 10.9. The number of hydrogen-bond acceptors (Lipinski definition) is 4. The Labute approximate surface area is 206 Å². The highest BCUT2D eigenvalue weighted by Gasteiger charge is 2.35. The van der Waals surface area contributed by atoms with Crippen LogP contribution in [-0.4, -0.2) is 24.1 Å². The van der Waals surface area contributed by atoms with Gasteiger partial charge in [-0.2, -0.15) is 5.10 Å². The zero-order valence-electron chi connectivity index (χ0n) is 18.1. The molecule has 1 unspecified atom stereocenters. The fourth-order valence-corrected chi connectivity index (χ4v) is 6.53. The minimum absolute atomic E-state index is 0.0131. The maximum Gasteiger partial charge on any atom is 0.268 e. The molecule has 0 amide bonds. The Morgan fingerprint density at radius 3 is 2.29 bits per heavy atom. The van der Waals surface area contributed by atoms with Crippen molar-refractivity contribution in [3.63, 3.8) is 0 Å². The van der Waals surface area contributed by atoms with Crippen LogP contribution in [0.2, 0.25) is 0 Å². The van der Waals surface area contributed by atoms with E-state index >= 15 is 0 Å². The Kier molecular flexibility index (Phi) is 5.75. The summed E-state index contributed by atoms with van der Waals surface area (Å²) >= 11 is 3.53. The van der Waals surface area contributed by atoms with Gasteiger partial charge in [-0.1, -0.05) is 64.5 Å². The van der Waals surface area contributed by atoms with Crippen molar-refractivity contribution in [2.24, 2.45) is 21.7 Å². The van der Waals surface area contributed by atoms with Crippen LogP contribution < -0.4 is 11.5 Å². The van der Waals surface area contributed by atoms with Crippen LogP contribution in [0.5, 0.6) is 0 Å². The van der Waals surface area contributed by atoms with Gasteiger partial charge in [0.1, 0.15) is 0 Å². The number of aromatic nitrogens is 1. The summed E-state index contributed by atoms with van der Waals surface area (Å²) in [5, 5.41) is 9.08. The third-order valence-electron chi connectivity index (χ3n) is 5.99. The van der Waals surface area contributed by atoms with Crippen molar-refractivity contribution in [3.05, 3.63) is 100 Å². The first-order valence-corrected chi connectivity index (χ1v) is 12.9. The Bertz CT molecular complexity index is 1540. The predicted molar refractivity (Wildman–Crippen MR) is 139 cm³/mol. The maximum atomic E-state index is 13.9. The largest absolute Gasteiger partial charge is 0.369 e. The normalized spacial score (nSPS) is 17.0. The van der Waals surface area contributed by atoms with E-state index in [9.17, 15) is 8.42 Å². The van der Waals surface area contributed by atoms with Gasteiger partial charge in [0.2, 0.25) is 5.96 Å². The van der Waals surface area contributed by atoms with Gasteiger partial charge in [-0.15, -0.1) is 5.10 Å². The fraction of sp³-hybridized carbons (Fsp3) is 0.120. The van der Waals surface area contributed by atoms with E-state index in [1.54, 1.807) is 30.3 Å². The van der Waals surface area contributed by atoms with Crippen LogP contribution in [0.3, 0.4) is 0 Å².